The van der Waals surface area contributed by atoms with Crippen LogP contribution in [0, 0.1) is 5.92 Å². The Hall–Kier alpha value is -0.320. The van der Waals surface area contributed by atoms with Gasteiger partial charge in [-0.3, -0.25) is 14.5 Å². The first kappa shape index (κ1) is 18.7. The Morgan fingerprint density at radius 3 is 2.37 bits per heavy atom. The molecule has 4 nitrogen and oxygen atoms in total. The number of hydrogen-bond donors (Lipinski definition) is 0. The van der Waals surface area contributed by atoms with Crippen LogP contribution in [-0.4, -0.2) is 41.8 Å². The van der Waals surface area contributed by atoms with Gasteiger partial charge < -0.3 is 4.74 Å². The molecule has 0 aliphatic carbocycles. The molecule has 1 fully saturated rings. The van der Waals surface area contributed by atoms with Crippen LogP contribution in [0.4, 0.5) is 0 Å². The molecular formula is C13H23Cl2NO3. The molecule has 0 aromatic heterocycles. The van der Waals surface area contributed by atoms with Gasteiger partial charge in [-0.05, 0) is 63.7 Å². The van der Waals surface area contributed by atoms with Gasteiger partial charge in [0.25, 0.3) is 0 Å². The summed E-state index contributed by atoms with van der Waals surface area (Å²) in [7, 11) is 0. The highest BCUT2D eigenvalue weighted by atomic mass is 35.5. The van der Waals surface area contributed by atoms with E-state index in [1.807, 2.05) is 13.8 Å². The molecule has 1 saturated heterocycles. The summed E-state index contributed by atoms with van der Waals surface area (Å²) >= 11 is 5.33. The Balaban J connectivity index is 0.00000324. The predicted molar refractivity (Wildman–Crippen MR) is 77.7 cm³/mol. The van der Waals surface area contributed by atoms with Crippen LogP contribution in [0.3, 0.4) is 0 Å². The van der Waals surface area contributed by atoms with E-state index >= 15 is 0 Å². The van der Waals surface area contributed by atoms with Gasteiger partial charge in [0.2, 0.25) is 5.24 Å². The zero-order chi connectivity index (χ0) is 13.5. The molecule has 0 spiro atoms. The van der Waals surface area contributed by atoms with Crippen molar-refractivity contribution in [3.63, 3.8) is 0 Å². The molecule has 19 heavy (non-hydrogen) atoms. The number of rotatable bonds is 6. The van der Waals surface area contributed by atoms with Crippen molar-refractivity contribution in [1.82, 2.24) is 4.90 Å². The minimum atomic E-state index is -0.252. The molecule has 1 aliphatic heterocycles. The minimum Gasteiger partial charge on any atom is -0.462 e. The van der Waals surface area contributed by atoms with Crippen molar-refractivity contribution in [1.29, 1.82) is 0 Å². The Morgan fingerprint density at radius 1 is 1.32 bits per heavy atom. The zero-order valence-electron chi connectivity index (χ0n) is 11.6. The molecule has 0 radical (unpaired) electrons. The van der Waals surface area contributed by atoms with E-state index in [2.05, 4.69) is 4.90 Å². The first-order valence-electron chi connectivity index (χ1n) is 6.57. The lowest BCUT2D eigenvalue weighted by Gasteiger charge is -2.31. The average molecular weight is 312 g/mol. The third kappa shape index (κ3) is 8.45. The van der Waals surface area contributed by atoms with Gasteiger partial charge in [-0.1, -0.05) is 0 Å². The van der Waals surface area contributed by atoms with Gasteiger partial charge in [-0.25, -0.2) is 0 Å². The third-order valence-electron chi connectivity index (χ3n) is 3.18. The van der Waals surface area contributed by atoms with E-state index in [-0.39, 0.29) is 29.7 Å². The molecule has 0 amide bonds. The molecule has 0 aromatic carbocycles. The smallest absolute Gasteiger partial charge is 0.320 e. The van der Waals surface area contributed by atoms with E-state index < -0.39 is 0 Å². The van der Waals surface area contributed by atoms with Gasteiger partial charge in [0.1, 0.15) is 0 Å². The van der Waals surface area contributed by atoms with Gasteiger partial charge in [-0.2, -0.15) is 0 Å². The largest absolute Gasteiger partial charge is 0.462 e. The van der Waals surface area contributed by atoms with Crippen molar-refractivity contribution < 1.29 is 14.3 Å². The molecule has 1 rings (SSSR count). The number of piperidine rings is 1. The molecule has 0 bridgehead atoms. The summed E-state index contributed by atoms with van der Waals surface area (Å²) in [5.74, 6) is 0.407. The fourth-order valence-corrected chi connectivity index (χ4v) is 2.34. The lowest BCUT2D eigenvalue weighted by Crippen LogP contribution is -2.38. The number of carbonyl (C=O) groups is 2. The van der Waals surface area contributed by atoms with Crippen molar-refractivity contribution in [3.8, 4) is 0 Å². The van der Waals surface area contributed by atoms with Crippen LogP contribution < -0.4 is 0 Å². The Morgan fingerprint density at radius 2 is 1.89 bits per heavy atom. The molecule has 0 unspecified atom stereocenters. The van der Waals surface area contributed by atoms with Crippen molar-refractivity contribution in [2.24, 2.45) is 5.92 Å². The van der Waals surface area contributed by atoms with Crippen LogP contribution in [0.2, 0.25) is 0 Å². The van der Waals surface area contributed by atoms with E-state index in [1.165, 1.54) is 0 Å². The molecule has 1 aliphatic rings. The van der Waals surface area contributed by atoms with Crippen LogP contribution in [0.1, 0.15) is 39.5 Å². The van der Waals surface area contributed by atoms with Crippen LogP contribution >= 0.6 is 24.0 Å². The number of esters is 1. The van der Waals surface area contributed by atoms with Crippen LogP contribution in [0.5, 0.6) is 0 Å². The van der Waals surface area contributed by atoms with Gasteiger partial charge in [0.15, 0.2) is 0 Å². The van der Waals surface area contributed by atoms with E-state index in [1.54, 1.807) is 0 Å². The molecule has 6 heteroatoms. The van der Waals surface area contributed by atoms with Crippen LogP contribution in [-0.2, 0) is 14.3 Å². The molecule has 0 atom stereocenters. The van der Waals surface area contributed by atoms with Gasteiger partial charge >= 0.3 is 5.97 Å². The van der Waals surface area contributed by atoms with Crippen molar-refractivity contribution >= 4 is 35.2 Å². The number of carbonyl (C=O) groups excluding carboxylic acids is 2. The van der Waals surface area contributed by atoms with E-state index in [0.29, 0.717) is 18.9 Å². The molecule has 0 aromatic rings. The third-order valence-corrected chi connectivity index (χ3v) is 3.37. The first-order chi connectivity index (χ1) is 8.47. The summed E-state index contributed by atoms with van der Waals surface area (Å²) in [6.45, 7) is 5.88. The van der Waals surface area contributed by atoms with Crippen molar-refractivity contribution in [3.05, 3.63) is 0 Å². The molecule has 0 N–H and O–H groups in total. The van der Waals surface area contributed by atoms with Crippen molar-refractivity contribution in [2.45, 2.75) is 45.6 Å². The van der Waals surface area contributed by atoms with Crippen LogP contribution in [0.15, 0.2) is 0 Å². The fourth-order valence-electron chi connectivity index (χ4n) is 2.23. The second kappa shape index (κ2) is 9.56. The van der Waals surface area contributed by atoms with Gasteiger partial charge in [0.05, 0.1) is 12.6 Å². The lowest BCUT2D eigenvalue weighted by molar-refractivity contribution is -0.149. The Labute approximate surface area is 126 Å². The Kier molecular flexibility index (Phi) is 9.40. The minimum absolute atomic E-state index is 0. The highest BCUT2D eigenvalue weighted by Crippen LogP contribution is 2.22. The van der Waals surface area contributed by atoms with Gasteiger partial charge in [0, 0.05) is 6.42 Å². The summed E-state index contributed by atoms with van der Waals surface area (Å²) in [6, 6.07) is 0. The standard InChI is InChI=1S/C13H22ClNO3.ClH/c1-10(2)18-13(17)9-15-7-5-11(6-8-15)3-4-12(14)16;/h10-11H,3-9H2,1-2H3;1H. The molecule has 1 heterocycles. The topological polar surface area (TPSA) is 46.6 Å². The number of hydrogen-bond acceptors (Lipinski definition) is 4. The lowest BCUT2D eigenvalue weighted by atomic mass is 9.92. The van der Waals surface area contributed by atoms with Crippen molar-refractivity contribution in [2.75, 3.05) is 19.6 Å². The number of nitrogens with zero attached hydrogens (tertiary/aromatic N) is 1. The van der Waals surface area contributed by atoms with E-state index in [9.17, 15) is 9.59 Å². The van der Waals surface area contributed by atoms with E-state index in [0.717, 1.165) is 32.4 Å². The summed E-state index contributed by atoms with van der Waals surface area (Å²) in [5, 5.41) is -0.252. The molecule has 112 valence electrons. The summed E-state index contributed by atoms with van der Waals surface area (Å²) < 4.78 is 5.12. The zero-order valence-corrected chi connectivity index (χ0v) is 13.1. The highest BCUT2D eigenvalue weighted by Gasteiger charge is 2.21. The number of halogens is 2. The second-order valence-electron chi connectivity index (χ2n) is 5.15. The van der Waals surface area contributed by atoms with Crippen LogP contribution in [0.25, 0.3) is 0 Å². The monoisotopic (exact) mass is 311 g/mol. The summed E-state index contributed by atoms with van der Waals surface area (Å²) in [5.41, 5.74) is 0. The number of likely N-dealkylation sites (tertiary alicyclic amines) is 1. The SMILES string of the molecule is CC(C)OC(=O)CN1CCC(CCC(=O)Cl)CC1.Cl. The average Bonchev–Trinajstić information content (AvgIpc) is 2.26. The number of ether oxygens (including phenoxy) is 1. The first-order valence-corrected chi connectivity index (χ1v) is 6.95. The summed E-state index contributed by atoms with van der Waals surface area (Å²) in [4.78, 5) is 24.3. The highest BCUT2D eigenvalue weighted by molar-refractivity contribution is 6.63. The quantitative estimate of drug-likeness (QED) is 0.559. The normalized spacial score (nSPS) is 17.1. The predicted octanol–water partition coefficient (Wildman–Crippen LogP) is 2.62. The fraction of sp³-hybridized carbons (Fsp3) is 0.846. The van der Waals surface area contributed by atoms with E-state index in [4.69, 9.17) is 16.3 Å². The summed E-state index contributed by atoms with van der Waals surface area (Å²) in [6.07, 6.45) is 3.33. The Bertz CT molecular complexity index is 290. The maximum absolute atomic E-state index is 11.5. The maximum atomic E-state index is 11.5. The molecular weight excluding hydrogens is 289 g/mol. The van der Waals surface area contributed by atoms with Gasteiger partial charge in [-0.15, -0.1) is 12.4 Å². The molecule has 0 saturated carbocycles. The maximum Gasteiger partial charge on any atom is 0.320 e. The second-order valence-corrected chi connectivity index (χ2v) is 5.57.